The average molecular weight is 300 g/mol. The number of ether oxygens (including phenoxy) is 1. The Labute approximate surface area is 119 Å². The zero-order chi connectivity index (χ0) is 15.4. The van der Waals surface area contributed by atoms with E-state index in [1.54, 1.807) is 0 Å². The molecule has 0 saturated carbocycles. The van der Waals surface area contributed by atoms with Gasteiger partial charge in [0.1, 0.15) is 11.8 Å². The predicted molar refractivity (Wildman–Crippen MR) is 68.4 cm³/mol. The number of alkyl halides is 2. The van der Waals surface area contributed by atoms with Crippen LogP contribution >= 0.6 is 0 Å². The van der Waals surface area contributed by atoms with Crippen molar-refractivity contribution in [2.75, 3.05) is 19.6 Å². The van der Waals surface area contributed by atoms with Gasteiger partial charge in [0.15, 0.2) is 0 Å². The van der Waals surface area contributed by atoms with E-state index in [4.69, 9.17) is 5.11 Å². The van der Waals surface area contributed by atoms with Gasteiger partial charge in [-0.05, 0) is 18.2 Å². The van der Waals surface area contributed by atoms with Gasteiger partial charge in [-0.3, -0.25) is 4.79 Å². The largest absolute Gasteiger partial charge is 0.480 e. The molecule has 0 spiro atoms. The Bertz CT molecular complexity index is 539. The van der Waals surface area contributed by atoms with Crippen LogP contribution in [0.15, 0.2) is 24.3 Å². The normalized spacial score (nSPS) is 18.6. The molecule has 0 radical (unpaired) electrons. The number of nitrogens with one attached hydrogen (secondary N) is 1. The molecule has 1 fully saturated rings. The van der Waals surface area contributed by atoms with Crippen molar-refractivity contribution in [3.05, 3.63) is 29.8 Å². The summed E-state index contributed by atoms with van der Waals surface area (Å²) in [7, 11) is 0. The third kappa shape index (κ3) is 3.66. The number of carbonyl (C=O) groups is 2. The summed E-state index contributed by atoms with van der Waals surface area (Å²) in [6.45, 7) is -2.13. The first kappa shape index (κ1) is 15.2. The molecule has 1 saturated heterocycles. The Morgan fingerprint density at radius 1 is 1.43 bits per heavy atom. The van der Waals surface area contributed by atoms with Crippen LogP contribution in [0, 0.1) is 0 Å². The van der Waals surface area contributed by atoms with Crippen molar-refractivity contribution < 1.29 is 28.2 Å². The van der Waals surface area contributed by atoms with E-state index in [0.717, 1.165) is 0 Å². The molecule has 1 amide bonds. The molecule has 1 heterocycles. The summed E-state index contributed by atoms with van der Waals surface area (Å²) < 4.78 is 28.6. The Morgan fingerprint density at radius 2 is 2.19 bits per heavy atom. The smallest absolute Gasteiger partial charge is 0.387 e. The maximum absolute atomic E-state index is 12.3. The van der Waals surface area contributed by atoms with Crippen molar-refractivity contribution in [3.63, 3.8) is 0 Å². The summed E-state index contributed by atoms with van der Waals surface area (Å²) in [5, 5.41) is 12.0. The fourth-order valence-corrected chi connectivity index (χ4v) is 2.14. The van der Waals surface area contributed by atoms with Crippen molar-refractivity contribution in [2.45, 2.75) is 12.7 Å². The number of halogens is 2. The quantitative estimate of drug-likeness (QED) is 0.859. The number of aliphatic carboxylic acids is 1. The summed E-state index contributed by atoms with van der Waals surface area (Å²) in [6.07, 6.45) is 0. The van der Waals surface area contributed by atoms with E-state index in [2.05, 4.69) is 10.1 Å². The standard InChI is InChI=1S/C13H14F2N2O4/c14-13(15)21-9-3-1-2-8(6-9)11(18)17-5-4-16-7-10(17)12(19)20/h1-3,6,10,13,16H,4-5,7H2,(H,19,20). The molecule has 0 aromatic heterocycles. The number of hydrogen-bond acceptors (Lipinski definition) is 4. The second-order valence-electron chi connectivity index (χ2n) is 4.46. The predicted octanol–water partition coefficient (Wildman–Crippen LogP) is 0.787. The Balaban J connectivity index is 2.20. The molecule has 6 nitrogen and oxygen atoms in total. The third-order valence-electron chi connectivity index (χ3n) is 3.10. The van der Waals surface area contributed by atoms with Gasteiger partial charge in [0.2, 0.25) is 0 Å². The molecule has 1 aromatic carbocycles. The first-order valence-corrected chi connectivity index (χ1v) is 6.28. The highest BCUT2D eigenvalue weighted by atomic mass is 19.3. The summed E-state index contributed by atoms with van der Waals surface area (Å²) in [5.41, 5.74) is 0.112. The molecule has 1 unspecified atom stereocenters. The second-order valence-corrected chi connectivity index (χ2v) is 4.46. The van der Waals surface area contributed by atoms with Gasteiger partial charge in [0.05, 0.1) is 0 Å². The molecule has 1 aromatic rings. The van der Waals surface area contributed by atoms with Crippen LogP contribution < -0.4 is 10.1 Å². The van der Waals surface area contributed by atoms with E-state index in [9.17, 15) is 18.4 Å². The Morgan fingerprint density at radius 3 is 2.86 bits per heavy atom. The number of benzene rings is 1. The monoisotopic (exact) mass is 300 g/mol. The van der Waals surface area contributed by atoms with Crippen LogP contribution in [0.3, 0.4) is 0 Å². The van der Waals surface area contributed by atoms with Gasteiger partial charge < -0.3 is 20.1 Å². The molecular weight excluding hydrogens is 286 g/mol. The number of carboxylic acid groups (broad SMARTS) is 1. The van der Waals surface area contributed by atoms with Crippen molar-refractivity contribution in [1.29, 1.82) is 0 Å². The van der Waals surface area contributed by atoms with Crippen LogP contribution in [0.25, 0.3) is 0 Å². The average Bonchev–Trinajstić information content (AvgIpc) is 2.46. The number of nitrogens with zero attached hydrogens (tertiary/aromatic N) is 1. The van der Waals surface area contributed by atoms with Crippen LogP contribution in [0.1, 0.15) is 10.4 Å². The number of piperazine rings is 1. The third-order valence-corrected chi connectivity index (χ3v) is 3.10. The van der Waals surface area contributed by atoms with Gasteiger partial charge in [-0.1, -0.05) is 6.07 Å². The van der Waals surface area contributed by atoms with Crippen molar-refractivity contribution in [3.8, 4) is 5.75 Å². The highest BCUT2D eigenvalue weighted by Crippen LogP contribution is 2.18. The number of amides is 1. The lowest BCUT2D eigenvalue weighted by atomic mass is 10.1. The molecule has 2 N–H and O–H groups in total. The molecule has 1 aliphatic heterocycles. The number of hydrogen-bond donors (Lipinski definition) is 2. The summed E-state index contributed by atoms with van der Waals surface area (Å²) >= 11 is 0. The van der Waals surface area contributed by atoms with E-state index < -0.39 is 24.5 Å². The number of rotatable bonds is 4. The molecule has 0 aliphatic carbocycles. The summed E-state index contributed by atoms with van der Waals surface area (Å²) in [5.74, 6) is -1.78. The first-order valence-electron chi connectivity index (χ1n) is 6.28. The van der Waals surface area contributed by atoms with Gasteiger partial charge in [-0.25, -0.2) is 4.79 Å². The maximum Gasteiger partial charge on any atom is 0.387 e. The highest BCUT2D eigenvalue weighted by molar-refractivity contribution is 5.97. The SMILES string of the molecule is O=C(O)C1CNCCN1C(=O)c1cccc(OC(F)F)c1. The van der Waals surface area contributed by atoms with Crippen LogP contribution in [0.2, 0.25) is 0 Å². The molecule has 2 rings (SSSR count). The Hall–Kier alpha value is -2.22. The van der Waals surface area contributed by atoms with Gasteiger partial charge in [-0.2, -0.15) is 8.78 Å². The zero-order valence-corrected chi connectivity index (χ0v) is 11.0. The molecule has 1 aliphatic rings. The minimum atomic E-state index is -2.98. The van der Waals surface area contributed by atoms with Gasteiger partial charge >= 0.3 is 12.6 Å². The zero-order valence-electron chi connectivity index (χ0n) is 11.0. The molecule has 8 heteroatoms. The summed E-state index contributed by atoms with van der Waals surface area (Å²) in [6, 6.07) is 4.33. The fraction of sp³-hybridized carbons (Fsp3) is 0.385. The van der Waals surface area contributed by atoms with E-state index in [-0.39, 0.29) is 24.4 Å². The molecule has 0 bridgehead atoms. The minimum Gasteiger partial charge on any atom is -0.480 e. The maximum atomic E-state index is 12.3. The van der Waals surface area contributed by atoms with Gasteiger partial charge in [-0.15, -0.1) is 0 Å². The lowest BCUT2D eigenvalue weighted by Gasteiger charge is -2.33. The second kappa shape index (κ2) is 6.49. The van der Waals surface area contributed by atoms with Crippen LogP contribution in [0.5, 0.6) is 5.75 Å². The van der Waals surface area contributed by atoms with Gasteiger partial charge in [0.25, 0.3) is 5.91 Å². The minimum absolute atomic E-state index is 0.112. The van der Waals surface area contributed by atoms with Crippen molar-refractivity contribution in [1.82, 2.24) is 10.2 Å². The van der Waals surface area contributed by atoms with E-state index in [0.29, 0.717) is 6.54 Å². The molecule has 21 heavy (non-hydrogen) atoms. The van der Waals surface area contributed by atoms with Crippen LogP contribution in [-0.4, -0.2) is 54.2 Å². The van der Waals surface area contributed by atoms with Crippen LogP contribution in [0.4, 0.5) is 8.78 Å². The van der Waals surface area contributed by atoms with E-state index >= 15 is 0 Å². The molecule has 1 atom stereocenters. The fourth-order valence-electron chi connectivity index (χ4n) is 2.14. The van der Waals surface area contributed by atoms with E-state index in [1.165, 1.54) is 29.2 Å². The first-order chi connectivity index (χ1) is 9.99. The van der Waals surface area contributed by atoms with Crippen molar-refractivity contribution in [2.24, 2.45) is 0 Å². The molecule has 114 valence electrons. The van der Waals surface area contributed by atoms with Crippen molar-refractivity contribution >= 4 is 11.9 Å². The molecular formula is C13H14F2N2O4. The lowest BCUT2D eigenvalue weighted by molar-refractivity contribution is -0.142. The van der Waals surface area contributed by atoms with Crippen LogP contribution in [-0.2, 0) is 4.79 Å². The van der Waals surface area contributed by atoms with E-state index in [1.807, 2.05) is 0 Å². The summed E-state index contributed by atoms with van der Waals surface area (Å²) in [4.78, 5) is 24.7. The highest BCUT2D eigenvalue weighted by Gasteiger charge is 2.32. The number of carboxylic acids is 1. The Kier molecular flexibility index (Phi) is 4.69. The topological polar surface area (TPSA) is 78.9 Å². The van der Waals surface area contributed by atoms with Gasteiger partial charge in [0, 0.05) is 25.2 Å². The lowest BCUT2D eigenvalue weighted by Crippen LogP contribution is -2.56. The number of carbonyl (C=O) groups excluding carboxylic acids is 1.